The Labute approximate surface area is 119 Å². The first-order chi connectivity index (χ1) is 9.19. The molecule has 1 aromatic rings. The zero-order chi connectivity index (χ0) is 14.1. The number of rotatable bonds is 9. The van der Waals surface area contributed by atoms with Crippen LogP contribution in [0, 0.1) is 0 Å². The average molecular weight is 285 g/mol. The lowest BCUT2D eigenvalue weighted by Gasteiger charge is -2.16. The van der Waals surface area contributed by atoms with Crippen LogP contribution in [0.1, 0.15) is 24.9 Å². The molecule has 108 valence electrons. The standard InChI is InChI=1S/C14H23NO3S/c1-11(15-6-9-19-8-3-7-16)13-10-12(18-2)4-5-14(13)17/h4-5,10-11,15-17H,3,6-9H2,1-2H3. The third-order valence-corrected chi connectivity index (χ3v) is 3.92. The van der Waals surface area contributed by atoms with Crippen molar-refractivity contribution in [2.45, 2.75) is 19.4 Å². The fourth-order valence-electron chi connectivity index (χ4n) is 1.73. The summed E-state index contributed by atoms with van der Waals surface area (Å²) >= 11 is 1.82. The Bertz CT molecular complexity index is 374. The quantitative estimate of drug-likeness (QED) is 0.607. The highest BCUT2D eigenvalue weighted by atomic mass is 32.2. The van der Waals surface area contributed by atoms with E-state index in [2.05, 4.69) is 5.32 Å². The molecule has 0 aromatic heterocycles. The third-order valence-electron chi connectivity index (χ3n) is 2.84. The van der Waals surface area contributed by atoms with Gasteiger partial charge in [0.15, 0.2) is 0 Å². The van der Waals surface area contributed by atoms with Crippen LogP contribution in [-0.2, 0) is 0 Å². The molecule has 5 heteroatoms. The third kappa shape index (κ3) is 5.72. The Morgan fingerprint density at radius 2 is 2.16 bits per heavy atom. The van der Waals surface area contributed by atoms with Crippen LogP contribution in [0.5, 0.6) is 11.5 Å². The molecule has 0 amide bonds. The molecule has 0 aliphatic carbocycles. The largest absolute Gasteiger partial charge is 0.508 e. The van der Waals surface area contributed by atoms with E-state index in [0.29, 0.717) is 0 Å². The minimum atomic E-state index is 0.0774. The molecule has 1 unspecified atom stereocenters. The number of hydrogen-bond donors (Lipinski definition) is 3. The first-order valence-electron chi connectivity index (χ1n) is 6.48. The summed E-state index contributed by atoms with van der Waals surface area (Å²) in [4.78, 5) is 0. The van der Waals surface area contributed by atoms with Crippen molar-refractivity contribution in [3.8, 4) is 11.5 Å². The Hall–Kier alpha value is -0.910. The van der Waals surface area contributed by atoms with Gasteiger partial charge in [0.25, 0.3) is 0 Å². The van der Waals surface area contributed by atoms with Gasteiger partial charge in [0, 0.05) is 30.5 Å². The second-order valence-corrected chi connectivity index (χ2v) is 5.51. The van der Waals surface area contributed by atoms with Crippen LogP contribution in [0.2, 0.25) is 0 Å². The molecule has 0 aliphatic rings. The number of nitrogens with one attached hydrogen (secondary N) is 1. The van der Waals surface area contributed by atoms with Crippen molar-refractivity contribution in [2.75, 3.05) is 31.8 Å². The summed E-state index contributed by atoms with van der Waals surface area (Å²) < 4.78 is 5.16. The normalized spacial score (nSPS) is 12.4. The van der Waals surface area contributed by atoms with Crippen LogP contribution < -0.4 is 10.1 Å². The SMILES string of the molecule is COc1ccc(O)c(C(C)NCCSCCCO)c1. The van der Waals surface area contributed by atoms with Gasteiger partial charge in [0.1, 0.15) is 11.5 Å². The number of phenolic OH excluding ortho intramolecular Hbond substituents is 1. The van der Waals surface area contributed by atoms with Crippen molar-refractivity contribution in [2.24, 2.45) is 0 Å². The fraction of sp³-hybridized carbons (Fsp3) is 0.571. The second-order valence-electron chi connectivity index (χ2n) is 4.29. The van der Waals surface area contributed by atoms with Crippen LogP contribution >= 0.6 is 11.8 Å². The maximum Gasteiger partial charge on any atom is 0.120 e. The maximum atomic E-state index is 9.85. The topological polar surface area (TPSA) is 61.7 Å². The number of aliphatic hydroxyl groups excluding tert-OH is 1. The first-order valence-corrected chi connectivity index (χ1v) is 7.63. The predicted octanol–water partition coefficient (Wildman–Crippen LogP) is 2.17. The van der Waals surface area contributed by atoms with Gasteiger partial charge >= 0.3 is 0 Å². The Morgan fingerprint density at radius 1 is 1.37 bits per heavy atom. The zero-order valence-electron chi connectivity index (χ0n) is 11.6. The molecule has 0 saturated heterocycles. The van der Waals surface area contributed by atoms with E-state index in [1.54, 1.807) is 19.2 Å². The van der Waals surface area contributed by atoms with E-state index < -0.39 is 0 Å². The molecule has 0 aliphatic heterocycles. The summed E-state index contributed by atoms with van der Waals surface area (Å²) in [7, 11) is 1.62. The molecule has 1 atom stereocenters. The number of aromatic hydroxyl groups is 1. The van der Waals surface area contributed by atoms with Crippen molar-refractivity contribution >= 4 is 11.8 Å². The molecule has 1 aromatic carbocycles. The van der Waals surface area contributed by atoms with E-state index >= 15 is 0 Å². The lowest BCUT2D eigenvalue weighted by atomic mass is 10.1. The van der Waals surface area contributed by atoms with Crippen molar-refractivity contribution in [1.29, 1.82) is 0 Å². The Morgan fingerprint density at radius 3 is 2.84 bits per heavy atom. The minimum Gasteiger partial charge on any atom is -0.508 e. The van der Waals surface area contributed by atoms with E-state index in [4.69, 9.17) is 9.84 Å². The van der Waals surface area contributed by atoms with Gasteiger partial charge in [-0.25, -0.2) is 0 Å². The summed E-state index contributed by atoms with van der Waals surface area (Å²) in [5.74, 6) is 3.01. The van der Waals surface area contributed by atoms with Crippen LogP contribution in [0.4, 0.5) is 0 Å². The monoisotopic (exact) mass is 285 g/mol. The maximum absolute atomic E-state index is 9.85. The van der Waals surface area contributed by atoms with E-state index in [1.165, 1.54) is 0 Å². The van der Waals surface area contributed by atoms with Gasteiger partial charge in [-0.1, -0.05) is 0 Å². The van der Waals surface area contributed by atoms with Gasteiger partial charge < -0.3 is 20.3 Å². The molecule has 3 N–H and O–H groups in total. The summed E-state index contributed by atoms with van der Waals surface area (Å²) in [5, 5.41) is 21.9. The molecule has 0 saturated carbocycles. The number of benzene rings is 1. The van der Waals surface area contributed by atoms with Crippen LogP contribution in [0.3, 0.4) is 0 Å². The number of aliphatic hydroxyl groups is 1. The average Bonchev–Trinajstić information content (AvgIpc) is 2.43. The molecule has 0 radical (unpaired) electrons. The van der Waals surface area contributed by atoms with Crippen LogP contribution in [-0.4, -0.2) is 42.0 Å². The number of hydrogen-bond acceptors (Lipinski definition) is 5. The number of phenols is 1. The summed E-state index contributed by atoms with van der Waals surface area (Å²) in [6.07, 6.45) is 0.844. The highest BCUT2D eigenvalue weighted by Gasteiger charge is 2.10. The molecule has 19 heavy (non-hydrogen) atoms. The van der Waals surface area contributed by atoms with Crippen molar-refractivity contribution in [1.82, 2.24) is 5.32 Å². The first kappa shape index (κ1) is 16.1. The van der Waals surface area contributed by atoms with E-state index in [9.17, 15) is 5.11 Å². The number of ether oxygens (including phenoxy) is 1. The summed E-state index contributed by atoms with van der Waals surface area (Å²) in [6.45, 7) is 3.15. The Kier molecular flexibility index (Phi) is 7.70. The smallest absolute Gasteiger partial charge is 0.120 e. The van der Waals surface area contributed by atoms with Gasteiger partial charge in [-0.15, -0.1) is 0 Å². The van der Waals surface area contributed by atoms with Crippen LogP contribution in [0.15, 0.2) is 18.2 Å². The second kappa shape index (κ2) is 9.07. The lowest BCUT2D eigenvalue weighted by molar-refractivity contribution is 0.296. The zero-order valence-corrected chi connectivity index (χ0v) is 12.4. The number of methoxy groups -OCH3 is 1. The minimum absolute atomic E-state index is 0.0774. The van der Waals surface area contributed by atoms with Crippen LogP contribution in [0.25, 0.3) is 0 Å². The molecule has 4 nitrogen and oxygen atoms in total. The highest BCUT2D eigenvalue weighted by molar-refractivity contribution is 7.99. The lowest BCUT2D eigenvalue weighted by Crippen LogP contribution is -2.21. The molecule has 1 rings (SSSR count). The summed E-state index contributed by atoms with van der Waals surface area (Å²) in [6, 6.07) is 5.33. The van der Waals surface area contributed by atoms with Gasteiger partial charge in [0.05, 0.1) is 7.11 Å². The van der Waals surface area contributed by atoms with Gasteiger partial charge in [-0.2, -0.15) is 11.8 Å². The highest BCUT2D eigenvalue weighted by Crippen LogP contribution is 2.28. The van der Waals surface area contributed by atoms with E-state index in [-0.39, 0.29) is 18.4 Å². The van der Waals surface area contributed by atoms with Crippen molar-refractivity contribution in [3.63, 3.8) is 0 Å². The molecule has 0 fully saturated rings. The number of thioether (sulfide) groups is 1. The molecule has 0 heterocycles. The summed E-state index contributed by atoms with van der Waals surface area (Å²) in [5.41, 5.74) is 0.847. The molecular weight excluding hydrogens is 262 g/mol. The van der Waals surface area contributed by atoms with E-state index in [1.807, 2.05) is 24.8 Å². The Balaban J connectivity index is 2.38. The van der Waals surface area contributed by atoms with Crippen molar-refractivity contribution < 1.29 is 14.9 Å². The van der Waals surface area contributed by atoms with Gasteiger partial charge in [0.2, 0.25) is 0 Å². The fourth-order valence-corrected chi connectivity index (χ4v) is 2.53. The molecule has 0 bridgehead atoms. The van der Waals surface area contributed by atoms with Gasteiger partial charge in [-0.05, 0) is 37.3 Å². The van der Waals surface area contributed by atoms with Crippen molar-refractivity contribution in [3.05, 3.63) is 23.8 Å². The van der Waals surface area contributed by atoms with Gasteiger partial charge in [-0.3, -0.25) is 0 Å². The van der Waals surface area contributed by atoms with E-state index in [0.717, 1.165) is 35.8 Å². The molecular formula is C14H23NO3S. The molecule has 0 spiro atoms. The predicted molar refractivity (Wildman–Crippen MR) is 80.1 cm³/mol.